The van der Waals surface area contributed by atoms with Crippen molar-refractivity contribution in [1.29, 1.82) is 0 Å². The van der Waals surface area contributed by atoms with Gasteiger partial charge < -0.3 is 5.73 Å². The van der Waals surface area contributed by atoms with Crippen LogP contribution in [0, 0.1) is 16.7 Å². The van der Waals surface area contributed by atoms with E-state index in [-0.39, 0.29) is 5.54 Å². The normalized spacial score (nSPS) is 33.0. The van der Waals surface area contributed by atoms with Crippen molar-refractivity contribution in [3.05, 3.63) is 0 Å². The van der Waals surface area contributed by atoms with Gasteiger partial charge in [-0.05, 0) is 55.4 Å². The molecule has 0 spiro atoms. The van der Waals surface area contributed by atoms with Gasteiger partial charge in [-0.3, -0.25) is 4.90 Å². The average molecular weight is 280 g/mol. The van der Waals surface area contributed by atoms with Crippen molar-refractivity contribution < 1.29 is 0 Å². The number of likely N-dealkylation sites (tertiary alicyclic amines) is 1. The maximum Gasteiger partial charge on any atom is 0.0342 e. The van der Waals surface area contributed by atoms with Gasteiger partial charge in [-0.15, -0.1) is 0 Å². The molecule has 2 rings (SSSR count). The van der Waals surface area contributed by atoms with Crippen LogP contribution in [0.2, 0.25) is 0 Å². The molecule has 118 valence electrons. The number of nitrogens with zero attached hydrogens (tertiary/aromatic N) is 1. The van der Waals surface area contributed by atoms with Gasteiger partial charge >= 0.3 is 0 Å². The quantitative estimate of drug-likeness (QED) is 0.845. The van der Waals surface area contributed by atoms with E-state index in [1.54, 1.807) is 0 Å². The van der Waals surface area contributed by atoms with Crippen molar-refractivity contribution in [3.63, 3.8) is 0 Å². The third-order valence-electron chi connectivity index (χ3n) is 5.72. The molecule has 1 aliphatic carbocycles. The van der Waals surface area contributed by atoms with Crippen LogP contribution in [0.25, 0.3) is 0 Å². The lowest BCUT2D eigenvalue weighted by atomic mass is 9.57. The second-order valence-electron chi connectivity index (χ2n) is 9.15. The molecule has 2 N–H and O–H groups in total. The molecule has 1 atom stereocenters. The van der Waals surface area contributed by atoms with Crippen molar-refractivity contribution in [1.82, 2.24) is 4.90 Å². The van der Waals surface area contributed by atoms with Gasteiger partial charge in [-0.25, -0.2) is 0 Å². The smallest absolute Gasteiger partial charge is 0.0342 e. The lowest BCUT2D eigenvalue weighted by molar-refractivity contribution is -0.0598. The monoisotopic (exact) mass is 280 g/mol. The van der Waals surface area contributed by atoms with Crippen LogP contribution in [0.4, 0.5) is 0 Å². The van der Waals surface area contributed by atoms with Crippen LogP contribution in [-0.4, -0.2) is 30.1 Å². The Morgan fingerprint density at radius 1 is 1.05 bits per heavy atom. The summed E-state index contributed by atoms with van der Waals surface area (Å²) in [6, 6.07) is 0. The molecule has 0 aromatic heterocycles. The van der Waals surface area contributed by atoms with Crippen molar-refractivity contribution in [2.75, 3.05) is 19.6 Å². The van der Waals surface area contributed by atoms with E-state index in [1.807, 2.05) is 0 Å². The van der Waals surface area contributed by atoms with E-state index >= 15 is 0 Å². The van der Waals surface area contributed by atoms with Gasteiger partial charge in [0.1, 0.15) is 0 Å². The summed E-state index contributed by atoms with van der Waals surface area (Å²) in [7, 11) is 0. The molecule has 2 heteroatoms. The maximum absolute atomic E-state index is 6.36. The van der Waals surface area contributed by atoms with Gasteiger partial charge in [-0.1, -0.05) is 41.0 Å². The molecule has 2 fully saturated rings. The van der Waals surface area contributed by atoms with Crippen molar-refractivity contribution in [2.45, 2.75) is 78.7 Å². The van der Waals surface area contributed by atoms with Crippen molar-refractivity contribution >= 4 is 0 Å². The Morgan fingerprint density at radius 2 is 1.65 bits per heavy atom. The topological polar surface area (TPSA) is 29.3 Å². The fourth-order valence-electron chi connectivity index (χ4n) is 5.59. The van der Waals surface area contributed by atoms with Crippen LogP contribution in [0.1, 0.15) is 73.1 Å². The van der Waals surface area contributed by atoms with E-state index in [1.165, 1.54) is 51.6 Å². The minimum absolute atomic E-state index is 0.249. The Labute approximate surface area is 126 Å². The Balaban J connectivity index is 2.23. The number of hydrogen-bond donors (Lipinski definition) is 1. The van der Waals surface area contributed by atoms with E-state index in [0.29, 0.717) is 10.8 Å². The van der Waals surface area contributed by atoms with E-state index in [2.05, 4.69) is 39.5 Å². The molecule has 1 aliphatic heterocycles. The van der Waals surface area contributed by atoms with Gasteiger partial charge in [0, 0.05) is 18.6 Å². The molecule has 1 saturated carbocycles. The molecule has 1 saturated heterocycles. The first-order chi connectivity index (χ1) is 9.22. The van der Waals surface area contributed by atoms with E-state index in [0.717, 1.165) is 12.5 Å². The van der Waals surface area contributed by atoms with Crippen LogP contribution in [0.3, 0.4) is 0 Å². The zero-order valence-corrected chi connectivity index (χ0v) is 14.5. The highest BCUT2D eigenvalue weighted by atomic mass is 15.2. The summed E-state index contributed by atoms with van der Waals surface area (Å²) in [5.41, 5.74) is 7.44. The SMILES string of the molecule is CCC1CCCN(C2(CN)CC(C)(C)CC(C)(C)C2)C1. The third kappa shape index (κ3) is 3.39. The predicted octanol–water partition coefficient (Wildman–Crippen LogP) is 4.04. The Morgan fingerprint density at radius 3 is 2.15 bits per heavy atom. The lowest BCUT2D eigenvalue weighted by Crippen LogP contribution is -2.62. The summed E-state index contributed by atoms with van der Waals surface area (Å²) in [4.78, 5) is 2.79. The number of piperidine rings is 1. The standard InChI is InChI=1S/C18H36N2/c1-6-15-8-7-9-20(10-15)18(14-19)12-16(2,3)11-17(4,5)13-18/h15H,6-14,19H2,1-5H3. The molecule has 0 amide bonds. The van der Waals surface area contributed by atoms with Gasteiger partial charge in [0.2, 0.25) is 0 Å². The molecule has 0 aromatic rings. The van der Waals surface area contributed by atoms with E-state index < -0.39 is 0 Å². The molecule has 1 unspecified atom stereocenters. The second kappa shape index (κ2) is 5.61. The molecule has 0 radical (unpaired) electrons. The predicted molar refractivity (Wildman–Crippen MR) is 87.8 cm³/mol. The fourth-order valence-corrected chi connectivity index (χ4v) is 5.59. The highest BCUT2D eigenvalue weighted by Gasteiger charge is 2.50. The molecule has 1 heterocycles. The van der Waals surface area contributed by atoms with Crippen LogP contribution in [0.5, 0.6) is 0 Å². The Bertz CT molecular complexity index is 316. The van der Waals surface area contributed by atoms with Gasteiger partial charge in [0.25, 0.3) is 0 Å². The molecular weight excluding hydrogens is 244 g/mol. The minimum Gasteiger partial charge on any atom is -0.329 e. The Kier molecular flexibility index (Phi) is 4.57. The van der Waals surface area contributed by atoms with E-state index in [4.69, 9.17) is 5.73 Å². The van der Waals surface area contributed by atoms with Crippen LogP contribution in [0.15, 0.2) is 0 Å². The zero-order chi connectivity index (χ0) is 15.0. The van der Waals surface area contributed by atoms with Crippen molar-refractivity contribution in [2.24, 2.45) is 22.5 Å². The first-order valence-corrected chi connectivity index (χ1v) is 8.67. The zero-order valence-electron chi connectivity index (χ0n) is 14.5. The van der Waals surface area contributed by atoms with Crippen molar-refractivity contribution in [3.8, 4) is 0 Å². The first-order valence-electron chi connectivity index (χ1n) is 8.67. The fraction of sp³-hybridized carbons (Fsp3) is 1.00. The summed E-state index contributed by atoms with van der Waals surface area (Å²) in [5, 5.41) is 0. The molecule has 0 bridgehead atoms. The average Bonchev–Trinajstić information content (AvgIpc) is 2.35. The maximum atomic E-state index is 6.36. The summed E-state index contributed by atoms with van der Waals surface area (Å²) in [6.45, 7) is 15.5. The number of hydrogen-bond acceptors (Lipinski definition) is 2. The molecule has 2 nitrogen and oxygen atoms in total. The highest BCUT2D eigenvalue weighted by Crippen LogP contribution is 2.52. The summed E-state index contributed by atoms with van der Waals surface area (Å²) in [5.74, 6) is 0.889. The van der Waals surface area contributed by atoms with Crippen LogP contribution >= 0.6 is 0 Å². The number of rotatable bonds is 3. The highest BCUT2D eigenvalue weighted by molar-refractivity contribution is 5.05. The van der Waals surface area contributed by atoms with Gasteiger partial charge in [0.15, 0.2) is 0 Å². The Hall–Kier alpha value is -0.0800. The summed E-state index contributed by atoms with van der Waals surface area (Å²) < 4.78 is 0. The first kappa shape index (κ1) is 16.3. The lowest BCUT2D eigenvalue weighted by Gasteiger charge is -2.57. The molecule has 20 heavy (non-hydrogen) atoms. The summed E-state index contributed by atoms with van der Waals surface area (Å²) >= 11 is 0. The third-order valence-corrected chi connectivity index (χ3v) is 5.72. The number of nitrogens with two attached hydrogens (primary N) is 1. The van der Waals surface area contributed by atoms with Gasteiger partial charge in [0.05, 0.1) is 0 Å². The van der Waals surface area contributed by atoms with Crippen LogP contribution < -0.4 is 5.73 Å². The summed E-state index contributed by atoms with van der Waals surface area (Å²) in [6.07, 6.45) is 7.98. The largest absolute Gasteiger partial charge is 0.329 e. The molecule has 2 aliphatic rings. The van der Waals surface area contributed by atoms with Gasteiger partial charge in [-0.2, -0.15) is 0 Å². The van der Waals surface area contributed by atoms with Crippen LogP contribution in [-0.2, 0) is 0 Å². The molecular formula is C18H36N2. The van der Waals surface area contributed by atoms with E-state index in [9.17, 15) is 0 Å². The molecule has 0 aromatic carbocycles. The minimum atomic E-state index is 0.249. The second-order valence-corrected chi connectivity index (χ2v) is 9.15.